The molecule has 0 heterocycles. The zero-order chi connectivity index (χ0) is 45.1. The Morgan fingerprint density at radius 1 is 0.323 bits per heavy atom. The van der Waals surface area contributed by atoms with Gasteiger partial charge in [0.25, 0.3) is 0 Å². The van der Waals surface area contributed by atoms with Crippen molar-refractivity contribution >= 4 is 5.91 Å². The smallest absolute Gasteiger partial charge is 0.249 e. The molecule has 0 bridgehead atoms. The number of aliphatic hydroxyl groups is 3. The molecule has 62 heavy (non-hydrogen) atoms. The predicted octanol–water partition coefficient (Wildman–Crippen LogP) is 17.7. The van der Waals surface area contributed by atoms with Gasteiger partial charge in [0.1, 0.15) is 6.10 Å². The highest BCUT2D eigenvalue weighted by atomic mass is 16.3. The van der Waals surface area contributed by atoms with Gasteiger partial charge in [0.2, 0.25) is 5.91 Å². The van der Waals surface area contributed by atoms with Crippen LogP contribution in [0.2, 0.25) is 0 Å². The Labute approximate surface area is 389 Å². The van der Waals surface area contributed by atoms with Crippen LogP contribution >= 0.6 is 0 Å². The lowest BCUT2D eigenvalue weighted by Gasteiger charge is -2.23. The van der Waals surface area contributed by atoms with Gasteiger partial charge in [-0.25, -0.2) is 0 Å². The second-order valence-electron chi connectivity index (χ2n) is 20.2. The number of hydrogen-bond acceptors (Lipinski definition) is 4. The minimum atomic E-state index is -1.07. The first-order valence-corrected chi connectivity index (χ1v) is 28.8. The summed E-state index contributed by atoms with van der Waals surface area (Å²) in [5.41, 5.74) is 0. The molecule has 0 aliphatic heterocycles. The lowest BCUT2D eigenvalue weighted by atomic mass is 10.0. The van der Waals surface area contributed by atoms with E-state index in [1.54, 1.807) is 0 Å². The summed E-state index contributed by atoms with van der Waals surface area (Å²) in [6.45, 7) is 4.28. The molecule has 0 saturated heterocycles. The van der Waals surface area contributed by atoms with Crippen molar-refractivity contribution in [3.05, 3.63) is 0 Å². The lowest BCUT2D eigenvalue weighted by molar-refractivity contribution is -0.131. The van der Waals surface area contributed by atoms with Crippen LogP contribution in [0.1, 0.15) is 335 Å². The topological polar surface area (TPSA) is 89.8 Å². The van der Waals surface area contributed by atoms with Crippen molar-refractivity contribution < 1.29 is 20.1 Å². The minimum Gasteiger partial charge on any atom is -0.394 e. The maximum atomic E-state index is 12.6. The second kappa shape index (κ2) is 53.0. The normalized spacial score (nSPS) is 13.2. The average Bonchev–Trinajstić information content (AvgIpc) is 3.28. The zero-order valence-electron chi connectivity index (χ0n) is 42.5. The third kappa shape index (κ3) is 47.3. The molecule has 0 aromatic carbocycles. The van der Waals surface area contributed by atoms with Crippen molar-refractivity contribution in [2.75, 3.05) is 6.61 Å². The number of rotatable bonds is 54. The fourth-order valence-electron chi connectivity index (χ4n) is 9.49. The van der Waals surface area contributed by atoms with Crippen molar-refractivity contribution in [2.45, 2.75) is 353 Å². The summed E-state index contributed by atoms with van der Waals surface area (Å²) in [7, 11) is 0. The molecule has 0 aromatic heterocycles. The van der Waals surface area contributed by atoms with Gasteiger partial charge in [-0.1, -0.05) is 322 Å². The summed E-state index contributed by atoms with van der Waals surface area (Å²) >= 11 is 0. The van der Waals surface area contributed by atoms with Gasteiger partial charge in [-0.15, -0.1) is 0 Å². The molecule has 0 aromatic rings. The van der Waals surface area contributed by atoms with Crippen LogP contribution in [-0.2, 0) is 4.79 Å². The molecule has 0 rings (SSSR count). The van der Waals surface area contributed by atoms with Crippen molar-refractivity contribution in [2.24, 2.45) is 0 Å². The van der Waals surface area contributed by atoms with Crippen molar-refractivity contribution in [1.82, 2.24) is 5.32 Å². The van der Waals surface area contributed by atoms with E-state index in [9.17, 15) is 20.1 Å². The number of aliphatic hydroxyl groups excluding tert-OH is 3. The van der Waals surface area contributed by atoms with Gasteiger partial charge in [-0.2, -0.15) is 0 Å². The van der Waals surface area contributed by atoms with Crippen molar-refractivity contribution in [1.29, 1.82) is 0 Å². The number of hydrogen-bond donors (Lipinski definition) is 4. The number of carbonyl (C=O) groups excluding carboxylic acids is 1. The molecule has 3 unspecified atom stereocenters. The summed E-state index contributed by atoms with van der Waals surface area (Å²) in [4.78, 5) is 12.6. The summed E-state index contributed by atoms with van der Waals surface area (Å²) in [6, 6.07) is -0.707. The Bertz CT molecular complexity index is 838. The maximum absolute atomic E-state index is 12.6. The first kappa shape index (κ1) is 61.4. The van der Waals surface area contributed by atoms with Gasteiger partial charge in [-0.05, 0) is 12.8 Å². The molecule has 3 atom stereocenters. The van der Waals surface area contributed by atoms with Crippen LogP contribution in [0, 0.1) is 0 Å². The molecular weight excluding hydrogens is 763 g/mol. The van der Waals surface area contributed by atoms with Crippen LogP contribution in [0.15, 0.2) is 0 Å². The Morgan fingerprint density at radius 3 is 0.726 bits per heavy atom. The summed E-state index contributed by atoms with van der Waals surface area (Å²) in [5.74, 6) is -0.461. The van der Waals surface area contributed by atoms with E-state index >= 15 is 0 Å². The van der Waals surface area contributed by atoms with Gasteiger partial charge >= 0.3 is 0 Å². The van der Waals surface area contributed by atoms with Gasteiger partial charge in [-0.3, -0.25) is 4.79 Å². The number of unbranched alkanes of at least 4 members (excludes halogenated alkanes) is 46. The number of nitrogens with one attached hydrogen (secondary N) is 1. The number of amides is 1. The Hall–Kier alpha value is -0.650. The standard InChI is InChI=1S/C57H115NO4/c1-3-5-7-9-11-13-15-17-19-21-23-25-27-28-29-30-32-34-36-38-40-42-44-46-48-50-52-56(61)57(62)58-54(53-59)55(60)51-49-47-45-43-41-39-37-35-33-31-26-24-22-20-18-16-14-12-10-8-6-4-2/h54-56,59-61H,3-53H2,1-2H3,(H,58,62). The van der Waals surface area contributed by atoms with E-state index in [0.29, 0.717) is 12.8 Å². The highest BCUT2D eigenvalue weighted by Crippen LogP contribution is 2.19. The van der Waals surface area contributed by atoms with E-state index in [-0.39, 0.29) is 6.61 Å². The molecule has 5 nitrogen and oxygen atoms in total. The Kier molecular flexibility index (Phi) is 52.4. The monoisotopic (exact) mass is 878 g/mol. The van der Waals surface area contributed by atoms with Gasteiger partial charge < -0.3 is 20.6 Å². The molecule has 0 aliphatic carbocycles. The van der Waals surface area contributed by atoms with E-state index < -0.39 is 24.2 Å². The largest absolute Gasteiger partial charge is 0.394 e. The zero-order valence-corrected chi connectivity index (χ0v) is 42.5. The van der Waals surface area contributed by atoms with Crippen LogP contribution < -0.4 is 5.32 Å². The fraction of sp³-hybridized carbons (Fsp3) is 0.982. The molecule has 0 saturated carbocycles. The highest BCUT2D eigenvalue weighted by Gasteiger charge is 2.23. The fourth-order valence-corrected chi connectivity index (χ4v) is 9.49. The van der Waals surface area contributed by atoms with E-state index in [1.807, 2.05) is 0 Å². The second-order valence-corrected chi connectivity index (χ2v) is 20.2. The third-order valence-electron chi connectivity index (χ3n) is 14.0. The molecule has 5 heteroatoms. The van der Waals surface area contributed by atoms with Crippen LogP contribution in [0.3, 0.4) is 0 Å². The molecule has 0 spiro atoms. The Morgan fingerprint density at radius 2 is 0.516 bits per heavy atom. The van der Waals surface area contributed by atoms with Gasteiger partial charge in [0.15, 0.2) is 0 Å². The molecule has 4 N–H and O–H groups in total. The Balaban J connectivity index is 3.48. The van der Waals surface area contributed by atoms with E-state index in [0.717, 1.165) is 32.1 Å². The van der Waals surface area contributed by atoms with Gasteiger partial charge in [0.05, 0.1) is 18.8 Å². The van der Waals surface area contributed by atoms with Crippen LogP contribution in [0.5, 0.6) is 0 Å². The molecular formula is C57H115NO4. The van der Waals surface area contributed by atoms with E-state index in [4.69, 9.17) is 0 Å². The first-order chi connectivity index (χ1) is 30.6. The molecule has 0 radical (unpaired) electrons. The first-order valence-electron chi connectivity index (χ1n) is 28.8. The van der Waals surface area contributed by atoms with Crippen molar-refractivity contribution in [3.63, 3.8) is 0 Å². The summed E-state index contributed by atoms with van der Waals surface area (Å²) < 4.78 is 0. The van der Waals surface area contributed by atoms with Crippen LogP contribution in [-0.4, -0.2) is 46.1 Å². The molecule has 1 amide bonds. The molecule has 372 valence electrons. The predicted molar refractivity (Wildman–Crippen MR) is 273 cm³/mol. The summed E-state index contributed by atoms with van der Waals surface area (Å²) in [5, 5.41) is 33.6. The van der Waals surface area contributed by atoms with Crippen LogP contribution in [0.25, 0.3) is 0 Å². The quantitative estimate of drug-likeness (QED) is 0.0458. The molecule has 0 fully saturated rings. The average molecular weight is 879 g/mol. The maximum Gasteiger partial charge on any atom is 0.249 e. The SMILES string of the molecule is CCCCCCCCCCCCCCCCCCCCCCCCCCCCC(O)C(=O)NC(CO)C(O)CCCCCCCCCCCCCCCCCCCCCCCC. The van der Waals surface area contributed by atoms with Gasteiger partial charge in [0, 0.05) is 0 Å². The molecule has 0 aliphatic rings. The summed E-state index contributed by atoms with van der Waals surface area (Å²) in [6.07, 6.45) is 64.4. The number of carbonyl (C=O) groups is 1. The van der Waals surface area contributed by atoms with Crippen molar-refractivity contribution in [3.8, 4) is 0 Å². The minimum absolute atomic E-state index is 0.307. The van der Waals surface area contributed by atoms with Crippen LogP contribution in [0.4, 0.5) is 0 Å². The third-order valence-corrected chi connectivity index (χ3v) is 14.0. The van der Waals surface area contributed by atoms with E-state index in [1.165, 1.54) is 276 Å². The van der Waals surface area contributed by atoms with E-state index in [2.05, 4.69) is 19.2 Å². The lowest BCUT2D eigenvalue weighted by Crippen LogP contribution is -2.49. The highest BCUT2D eigenvalue weighted by molar-refractivity contribution is 5.80.